The van der Waals surface area contributed by atoms with E-state index in [1.165, 1.54) is 5.32 Å². The molecule has 1 amide bonds. The average Bonchev–Trinajstić information content (AvgIpc) is 1.99. The lowest BCUT2D eigenvalue weighted by Crippen LogP contribution is -2.40. The van der Waals surface area contributed by atoms with Crippen LogP contribution < -0.4 is 11.1 Å². The zero-order valence-corrected chi connectivity index (χ0v) is 6.97. The van der Waals surface area contributed by atoms with Crippen molar-refractivity contribution in [1.29, 1.82) is 0 Å². The van der Waals surface area contributed by atoms with E-state index in [0.717, 1.165) is 0 Å². The highest BCUT2D eigenvalue weighted by Gasteiger charge is 2.28. The smallest absolute Gasteiger partial charge is 0.405 e. The maximum absolute atomic E-state index is 11.5. The molecule has 0 heterocycles. The van der Waals surface area contributed by atoms with E-state index in [9.17, 15) is 22.8 Å². The van der Waals surface area contributed by atoms with Gasteiger partial charge in [-0.25, -0.2) is 0 Å². The first-order valence-corrected chi connectivity index (χ1v) is 3.54. The zero-order valence-electron chi connectivity index (χ0n) is 6.97. The molecule has 1 atom stereocenters. The first-order chi connectivity index (χ1) is 6.22. The molecule has 0 fully saturated rings. The van der Waals surface area contributed by atoms with Crippen molar-refractivity contribution in [3.63, 3.8) is 0 Å². The van der Waals surface area contributed by atoms with Gasteiger partial charge in [-0.05, 0) is 0 Å². The number of hydrogen-bond donors (Lipinski definition) is 3. The van der Waals surface area contributed by atoms with Gasteiger partial charge in [-0.1, -0.05) is 0 Å². The molecule has 0 aliphatic heterocycles. The lowest BCUT2D eigenvalue weighted by atomic mass is 10.2. The fraction of sp³-hybridized carbons (Fsp3) is 0.667. The molecule has 5 nitrogen and oxygen atoms in total. The molecule has 82 valence electrons. The standard InChI is InChI=1S/C6H9F3N2O3/c7-6(8,9)2-11-4(12)1-3(10)5(13)14/h3H,1-2,10H2,(H,11,12)(H,13,14)/t3-/m0/s1. The Morgan fingerprint density at radius 1 is 1.43 bits per heavy atom. The number of carbonyl (C=O) groups excluding carboxylic acids is 1. The van der Waals surface area contributed by atoms with E-state index in [4.69, 9.17) is 10.8 Å². The van der Waals surface area contributed by atoms with Crippen LogP contribution in [0, 0.1) is 0 Å². The number of aliphatic carboxylic acids is 1. The molecule has 0 unspecified atom stereocenters. The molecule has 4 N–H and O–H groups in total. The van der Waals surface area contributed by atoms with E-state index >= 15 is 0 Å². The van der Waals surface area contributed by atoms with E-state index in [0.29, 0.717) is 0 Å². The van der Waals surface area contributed by atoms with Gasteiger partial charge in [0.2, 0.25) is 5.91 Å². The van der Waals surface area contributed by atoms with Gasteiger partial charge in [-0.15, -0.1) is 0 Å². The maximum atomic E-state index is 11.5. The second-order valence-electron chi connectivity index (χ2n) is 2.54. The number of rotatable bonds is 4. The van der Waals surface area contributed by atoms with Crippen LogP contribution >= 0.6 is 0 Å². The van der Waals surface area contributed by atoms with Crippen molar-refractivity contribution in [3.05, 3.63) is 0 Å². The van der Waals surface area contributed by atoms with Crippen molar-refractivity contribution in [2.45, 2.75) is 18.6 Å². The highest BCUT2D eigenvalue weighted by Crippen LogP contribution is 2.12. The number of carboxylic acid groups (broad SMARTS) is 1. The minimum absolute atomic E-state index is 0.675. The lowest BCUT2D eigenvalue weighted by Gasteiger charge is -2.09. The minimum Gasteiger partial charge on any atom is -0.480 e. The van der Waals surface area contributed by atoms with Crippen LogP contribution in [0.1, 0.15) is 6.42 Å². The van der Waals surface area contributed by atoms with Gasteiger partial charge in [-0.3, -0.25) is 9.59 Å². The molecule has 0 aliphatic carbocycles. The summed E-state index contributed by atoms with van der Waals surface area (Å²) in [4.78, 5) is 20.8. The van der Waals surface area contributed by atoms with Gasteiger partial charge in [0.05, 0.1) is 6.42 Å². The van der Waals surface area contributed by atoms with Crippen LogP contribution in [-0.4, -0.2) is 35.7 Å². The second-order valence-corrected chi connectivity index (χ2v) is 2.54. The Balaban J connectivity index is 3.83. The van der Waals surface area contributed by atoms with Gasteiger partial charge in [0, 0.05) is 0 Å². The summed E-state index contributed by atoms with van der Waals surface area (Å²) in [6.07, 6.45) is -5.19. The number of carbonyl (C=O) groups is 2. The molecule has 0 radical (unpaired) electrons. The van der Waals surface area contributed by atoms with Crippen molar-refractivity contribution in [2.24, 2.45) is 5.73 Å². The number of hydrogen-bond acceptors (Lipinski definition) is 3. The quantitative estimate of drug-likeness (QED) is 0.586. The van der Waals surface area contributed by atoms with E-state index in [1.54, 1.807) is 0 Å². The van der Waals surface area contributed by atoms with Gasteiger partial charge < -0.3 is 16.2 Å². The van der Waals surface area contributed by atoms with Crippen LogP contribution in [0.4, 0.5) is 13.2 Å². The largest absolute Gasteiger partial charge is 0.480 e. The van der Waals surface area contributed by atoms with Crippen molar-refractivity contribution in [2.75, 3.05) is 6.54 Å². The van der Waals surface area contributed by atoms with Gasteiger partial charge in [0.1, 0.15) is 12.6 Å². The van der Waals surface area contributed by atoms with E-state index in [2.05, 4.69) is 0 Å². The zero-order chi connectivity index (χ0) is 11.4. The number of alkyl halides is 3. The van der Waals surface area contributed by atoms with Crippen molar-refractivity contribution >= 4 is 11.9 Å². The summed E-state index contributed by atoms with van der Waals surface area (Å²) < 4.78 is 34.6. The van der Waals surface area contributed by atoms with Crippen LogP contribution in [0.3, 0.4) is 0 Å². The topological polar surface area (TPSA) is 92.4 Å². The molecule has 0 aromatic carbocycles. The maximum Gasteiger partial charge on any atom is 0.405 e. The Morgan fingerprint density at radius 3 is 2.29 bits per heavy atom. The minimum atomic E-state index is -4.51. The summed E-state index contributed by atoms with van der Waals surface area (Å²) in [5.41, 5.74) is 4.92. The Bertz CT molecular complexity index is 229. The van der Waals surface area contributed by atoms with Gasteiger partial charge in [0.25, 0.3) is 0 Å². The summed E-state index contributed by atoms with van der Waals surface area (Å²) >= 11 is 0. The summed E-state index contributed by atoms with van der Waals surface area (Å²) in [6, 6.07) is -1.48. The Labute approximate surface area is 77.1 Å². The van der Waals surface area contributed by atoms with Crippen LogP contribution in [-0.2, 0) is 9.59 Å². The monoisotopic (exact) mass is 214 g/mol. The third-order valence-corrected chi connectivity index (χ3v) is 1.21. The third kappa shape index (κ3) is 6.23. The highest BCUT2D eigenvalue weighted by atomic mass is 19.4. The summed E-state index contributed by atoms with van der Waals surface area (Å²) in [6.45, 7) is -1.49. The van der Waals surface area contributed by atoms with E-state index in [1.807, 2.05) is 0 Å². The van der Waals surface area contributed by atoms with E-state index in [-0.39, 0.29) is 0 Å². The van der Waals surface area contributed by atoms with Gasteiger partial charge >= 0.3 is 12.1 Å². The van der Waals surface area contributed by atoms with Crippen LogP contribution in [0.5, 0.6) is 0 Å². The molecule has 0 spiro atoms. The number of nitrogens with one attached hydrogen (secondary N) is 1. The molecular formula is C6H9F3N2O3. The molecule has 0 aromatic rings. The lowest BCUT2D eigenvalue weighted by molar-refractivity contribution is -0.143. The van der Waals surface area contributed by atoms with Crippen molar-refractivity contribution < 1.29 is 27.9 Å². The third-order valence-electron chi connectivity index (χ3n) is 1.21. The predicted molar refractivity (Wildman–Crippen MR) is 39.3 cm³/mol. The SMILES string of the molecule is N[C@@H](CC(=O)NCC(F)(F)F)C(=O)O. The fourth-order valence-corrected chi connectivity index (χ4v) is 0.558. The Kier molecular flexibility index (Phi) is 4.35. The second kappa shape index (κ2) is 4.80. The molecule has 0 bridgehead atoms. The highest BCUT2D eigenvalue weighted by molar-refractivity contribution is 5.84. The van der Waals surface area contributed by atoms with Gasteiger partial charge in [-0.2, -0.15) is 13.2 Å². The van der Waals surface area contributed by atoms with Crippen molar-refractivity contribution in [3.8, 4) is 0 Å². The summed E-state index contributed by atoms with van der Waals surface area (Å²) in [5, 5.41) is 9.73. The molecule has 8 heteroatoms. The number of carboxylic acids is 1. The number of halogens is 3. The van der Waals surface area contributed by atoms with Gasteiger partial charge in [0.15, 0.2) is 0 Å². The molecule has 0 aromatic heterocycles. The number of amides is 1. The molecule has 0 saturated heterocycles. The van der Waals surface area contributed by atoms with Crippen LogP contribution in [0.15, 0.2) is 0 Å². The normalized spacial score (nSPS) is 13.4. The first-order valence-electron chi connectivity index (χ1n) is 3.54. The molecule has 14 heavy (non-hydrogen) atoms. The Hall–Kier alpha value is -1.31. The predicted octanol–water partition coefficient (Wildman–Crippen LogP) is -0.533. The molecule has 0 aliphatic rings. The Morgan fingerprint density at radius 2 is 1.93 bits per heavy atom. The number of nitrogens with two attached hydrogens (primary N) is 1. The average molecular weight is 214 g/mol. The molecular weight excluding hydrogens is 205 g/mol. The van der Waals surface area contributed by atoms with Crippen LogP contribution in [0.2, 0.25) is 0 Å². The van der Waals surface area contributed by atoms with Crippen LogP contribution in [0.25, 0.3) is 0 Å². The van der Waals surface area contributed by atoms with Crippen molar-refractivity contribution in [1.82, 2.24) is 5.32 Å². The molecule has 0 rings (SSSR count). The first kappa shape index (κ1) is 12.7. The summed E-state index contributed by atoms with van der Waals surface area (Å²) in [7, 11) is 0. The van der Waals surface area contributed by atoms with E-state index < -0.39 is 37.1 Å². The summed E-state index contributed by atoms with van der Waals surface area (Å²) in [5.74, 6) is -2.48. The fourth-order valence-electron chi connectivity index (χ4n) is 0.558. The molecule has 0 saturated carbocycles.